The third kappa shape index (κ3) is 23.8. The fraction of sp³-hybridized carbons (Fsp3) is 0.386. The van der Waals surface area contributed by atoms with Crippen LogP contribution in [-0.2, 0) is 14.4 Å². The van der Waals surface area contributed by atoms with Crippen LogP contribution in [0, 0.1) is 37.8 Å². The first-order valence-corrected chi connectivity index (χ1v) is 19.0. The number of phenolic OH excluding ortho intramolecular Hbond substituents is 1. The number of carbonyl (C=O) groups excluding carboxylic acids is 3. The summed E-state index contributed by atoms with van der Waals surface area (Å²) in [5.41, 5.74) is 11.6. The molecule has 0 aliphatic heterocycles. The number of aromatic hydroxyl groups is 1. The fourth-order valence-electron chi connectivity index (χ4n) is 4.52. The molecular weight excluding hydrogens is 778 g/mol. The standard InChI is InChI=1S/2C10H13NO2.C8H9NO3.C8H11NO.C6H15N.C2H3ClO/c1-7-4-5-9(11-8(2)12)6-10(7)13-3;1-7-4-5-9(6-10(7)13)11(3)8(2)12;1-6-3-4-7(9(10)11)5-8(6)12-2;1-6-3-4-7(9)5-8(6)10-2;1-4-7(5-2)6-3;1-2(3)4/h4-6H,1-3H3,(H,11,12);4-6,13H,1-3H3;3-5H,1-2H3;3-5H,9H2,1-2H3;4-6H2,1-3H3;1H3. The van der Waals surface area contributed by atoms with Gasteiger partial charge in [0, 0.05) is 69.1 Å². The van der Waals surface area contributed by atoms with Gasteiger partial charge in [-0.15, -0.1) is 0 Å². The van der Waals surface area contributed by atoms with Gasteiger partial charge in [0.05, 0.1) is 32.3 Å². The van der Waals surface area contributed by atoms with E-state index in [1.165, 1.54) is 64.5 Å². The van der Waals surface area contributed by atoms with Crippen LogP contribution in [-0.4, -0.2) is 80.0 Å². The lowest BCUT2D eigenvalue weighted by atomic mass is 10.2. The van der Waals surface area contributed by atoms with Gasteiger partial charge in [-0.1, -0.05) is 39.0 Å². The van der Waals surface area contributed by atoms with Crippen molar-refractivity contribution < 1.29 is 38.6 Å². The number of nitro benzene ring substituents is 1. The minimum atomic E-state index is -0.443. The maximum Gasteiger partial charge on any atom is 0.273 e. The van der Waals surface area contributed by atoms with Crippen molar-refractivity contribution in [3.63, 3.8) is 0 Å². The number of nitrogen functional groups attached to an aromatic ring is 1. The number of hydrogen-bond donors (Lipinski definition) is 3. The number of nitrogens with zero attached hydrogens (tertiary/aromatic N) is 3. The third-order valence-corrected chi connectivity index (χ3v) is 8.16. The van der Waals surface area contributed by atoms with Crippen LogP contribution in [0.5, 0.6) is 23.0 Å². The predicted octanol–water partition coefficient (Wildman–Crippen LogP) is 9.26. The number of carbonyl (C=O) groups is 3. The number of nitrogens with two attached hydrogens (primary N) is 1. The third-order valence-electron chi connectivity index (χ3n) is 8.16. The van der Waals surface area contributed by atoms with Gasteiger partial charge in [-0.2, -0.15) is 0 Å². The quantitative estimate of drug-likeness (QED) is 0.0631. The molecule has 0 saturated heterocycles. The van der Waals surface area contributed by atoms with Gasteiger partial charge in [0.25, 0.3) is 5.69 Å². The average Bonchev–Trinajstić information content (AvgIpc) is 3.18. The summed E-state index contributed by atoms with van der Waals surface area (Å²) in [7, 11) is 6.42. The molecule has 0 fully saturated rings. The highest BCUT2D eigenvalue weighted by molar-refractivity contribution is 6.62. The average molecular weight is 842 g/mol. The van der Waals surface area contributed by atoms with E-state index in [4.69, 9.17) is 19.9 Å². The van der Waals surface area contributed by atoms with E-state index >= 15 is 0 Å². The zero-order valence-electron chi connectivity index (χ0n) is 37.1. The molecule has 15 heteroatoms. The summed E-state index contributed by atoms with van der Waals surface area (Å²) in [6.07, 6.45) is 0. The van der Waals surface area contributed by atoms with Gasteiger partial charge in [-0.25, -0.2) is 0 Å². The van der Waals surface area contributed by atoms with Crippen molar-refractivity contribution in [1.29, 1.82) is 0 Å². The van der Waals surface area contributed by atoms with Crippen molar-refractivity contribution in [2.45, 2.75) is 69.2 Å². The van der Waals surface area contributed by atoms with Crippen molar-refractivity contribution in [2.75, 3.05) is 64.0 Å². The number of hydrogen-bond acceptors (Lipinski definition) is 11. The number of rotatable bonds is 9. The van der Waals surface area contributed by atoms with Gasteiger partial charge in [0.15, 0.2) is 0 Å². The predicted molar refractivity (Wildman–Crippen MR) is 240 cm³/mol. The molecule has 4 aromatic rings. The van der Waals surface area contributed by atoms with Crippen LogP contribution >= 0.6 is 11.6 Å². The van der Waals surface area contributed by atoms with Crippen LogP contribution in [0.4, 0.5) is 22.7 Å². The van der Waals surface area contributed by atoms with E-state index in [0.717, 1.165) is 45.1 Å². The first kappa shape index (κ1) is 55.2. The van der Waals surface area contributed by atoms with Gasteiger partial charge in [-0.05, 0) is 105 Å². The molecule has 0 unspecified atom stereocenters. The normalized spacial score (nSPS) is 9.42. The second-order valence-corrected chi connectivity index (χ2v) is 13.2. The van der Waals surface area contributed by atoms with E-state index < -0.39 is 4.92 Å². The minimum Gasteiger partial charge on any atom is -0.508 e. The number of ether oxygens (including phenoxy) is 3. The maximum absolute atomic E-state index is 11.0. The number of anilines is 3. The van der Waals surface area contributed by atoms with Crippen molar-refractivity contribution in [3.8, 4) is 23.0 Å². The van der Waals surface area contributed by atoms with Crippen LogP contribution in [0.1, 0.15) is 63.8 Å². The van der Waals surface area contributed by atoms with Gasteiger partial charge in [-0.3, -0.25) is 24.5 Å². The summed E-state index contributed by atoms with van der Waals surface area (Å²) in [6, 6.07) is 20.9. The van der Waals surface area contributed by atoms with Crippen molar-refractivity contribution in [2.24, 2.45) is 0 Å². The highest BCUT2D eigenvalue weighted by Crippen LogP contribution is 2.25. The number of nitro groups is 1. The Kier molecular flexibility index (Phi) is 28.3. The van der Waals surface area contributed by atoms with E-state index in [0.29, 0.717) is 11.4 Å². The largest absolute Gasteiger partial charge is 0.508 e. The lowest BCUT2D eigenvalue weighted by molar-refractivity contribution is -0.384. The summed E-state index contributed by atoms with van der Waals surface area (Å²) in [5, 5.41) is 22.0. The molecule has 0 radical (unpaired) electrons. The van der Waals surface area contributed by atoms with E-state index in [1.807, 2.05) is 58.0 Å². The van der Waals surface area contributed by atoms with Crippen LogP contribution in [0.25, 0.3) is 0 Å². The lowest BCUT2D eigenvalue weighted by Crippen LogP contribution is -2.22. The number of benzene rings is 4. The molecular formula is C44H64ClN5O9. The number of aryl methyl sites for hydroxylation is 4. The Bertz CT molecular complexity index is 1890. The summed E-state index contributed by atoms with van der Waals surface area (Å²) in [4.78, 5) is 44.7. The Morgan fingerprint density at radius 3 is 1.53 bits per heavy atom. The number of amides is 2. The van der Waals surface area contributed by atoms with Gasteiger partial charge in [0.2, 0.25) is 17.1 Å². The molecule has 0 aliphatic rings. The second-order valence-electron chi connectivity index (χ2n) is 12.6. The first-order chi connectivity index (χ1) is 27.6. The minimum absolute atomic E-state index is 0.0525. The number of methoxy groups -OCH3 is 3. The highest BCUT2D eigenvalue weighted by atomic mass is 35.5. The molecule has 4 rings (SSSR count). The molecule has 2 amide bonds. The van der Waals surface area contributed by atoms with Gasteiger partial charge < -0.3 is 40.2 Å². The zero-order chi connectivity index (χ0) is 45.8. The smallest absolute Gasteiger partial charge is 0.273 e. The van der Waals surface area contributed by atoms with Crippen molar-refractivity contribution in [1.82, 2.24) is 4.90 Å². The van der Waals surface area contributed by atoms with Gasteiger partial charge >= 0.3 is 0 Å². The maximum atomic E-state index is 11.0. The monoisotopic (exact) mass is 841 g/mol. The van der Waals surface area contributed by atoms with Crippen molar-refractivity contribution in [3.05, 3.63) is 105 Å². The van der Waals surface area contributed by atoms with E-state index in [-0.39, 0.29) is 28.5 Å². The van der Waals surface area contributed by atoms with Crippen molar-refractivity contribution >= 4 is 51.4 Å². The SMILES string of the molecule is CC(=O)Cl.CC(=O)N(C)c1ccc(C)c(O)c1.CCN(CC)CC.COc1cc(N)ccc1C.COc1cc(NC(C)=O)ccc1C.COc1cc([N+](=O)[O-])ccc1C. The Morgan fingerprint density at radius 1 is 0.729 bits per heavy atom. The Labute approximate surface area is 355 Å². The number of non-ortho nitro benzene ring substituents is 1. The molecule has 14 nitrogen and oxygen atoms in total. The lowest BCUT2D eigenvalue weighted by Gasteiger charge is -2.15. The number of nitrogens with one attached hydrogen (secondary N) is 1. The topological polar surface area (TPSA) is 187 Å². The molecule has 0 heterocycles. The van der Waals surface area contributed by atoms with E-state index in [2.05, 4.69) is 42.6 Å². The Balaban J connectivity index is 0. The van der Waals surface area contributed by atoms with E-state index in [1.54, 1.807) is 51.6 Å². The van der Waals surface area contributed by atoms with Crippen LogP contribution in [0.15, 0.2) is 72.8 Å². The van der Waals surface area contributed by atoms with Crippen LogP contribution in [0.2, 0.25) is 0 Å². The summed E-state index contributed by atoms with van der Waals surface area (Å²) >= 11 is 4.64. The van der Waals surface area contributed by atoms with Gasteiger partial charge in [0.1, 0.15) is 23.0 Å². The summed E-state index contributed by atoms with van der Waals surface area (Å²) < 4.78 is 15.1. The Morgan fingerprint density at radius 2 is 1.15 bits per heavy atom. The first-order valence-electron chi connectivity index (χ1n) is 18.7. The number of phenols is 1. The molecule has 0 bridgehead atoms. The molecule has 326 valence electrons. The molecule has 0 spiro atoms. The highest BCUT2D eigenvalue weighted by Gasteiger charge is 2.08. The molecule has 0 saturated carbocycles. The molecule has 0 aliphatic carbocycles. The van der Waals surface area contributed by atoms with Crippen LogP contribution in [0.3, 0.4) is 0 Å². The fourth-order valence-corrected chi connectivity index (χ4v) is 4.52. The molecule has 4 N–H and O–H groups in total. The summed E-state index contributed by atoms with van der Waals surface area (Å²) in [5.74, 6) is 2.26. The van der Waals surface area contributed by atoms with E-state index in [9.17, 15) is 29.6 Å². The summed E-state index contributed by atoms with van der Waals surface area (Å²) in [6.45, 7) is 22.0. The zero-order valence-corrected chi connectivity index (χ0v) is 37.8. The molecule has 0 atom stereocenters. The molecule has 0 aromatic heterocycles. The Hall–Kier alpha value is -5.86. The number of halogens is 1. The van der Waals surface area contributed by atoms with Crippen LogP contribution < -0.4 is 30.2 Å². The second kappa shape index (κ2) is 30.3. The molecule has 59 heavy (non-hydrogen) atoms. The molecule has 4 aromatic carbocycles.